The number of nitrogen functional groups attached to an aromatic ring is 1. The molecule has 0 bridgehead atoms. The molecule has 0 unspecified atom stereocenters. The molecule has 0 aliphatic rings. The van der Waals surface area contributed by atoms with Crippen LogP contribution in [0.15, 0.2) is 28.5 Å². The third kappa shape index (κ3) is 2.96. The maximum atomic E-state index is 12.3. The van der Waals surface area contributed by atoms with Gasteiger partial charge in [-0.2, -0.15) is 0 Å². The molecule has 0 spiro atoms. The van der Waals surface area contributed by atoms with Crippen molar-refractivity contribution in [2.45, 2.75) is 31.4 Å². The van der Waals surface area contributed by atoms with Gasteiger partial charge in [0.1, 0.15) is 4.21 Å². The van der Waals surface area contributed by atoms with Gasteiger partial charge in [-0.1, -0.05) is 13.0 Å². The molecule has 0 fully saturated rings. The topological polar surface area (TPSA) is 72.2 Å². The fraction of sp³-hybridized carbons (Fsp3) is 0.286. The van der Waals surface area contributed by atoms with E-state index in [2.05, 4.69) is 4.72 Å². The first kappa shape index (κ1) is 14.9. The van der Waals surface area contributed by atoms with Crippen LogP contribution in [0.1, 0.15) is 22.9 Å². The smallest absolute Gasteiger partial charge is 0.271 e. The van der Waals surface area contributed by atoms with Crippen LogP contribution in [0.5, 0.6) is 0 Å². The Morgan fingerprint density at radius 1 is 1.20 bits per heavy atom. The van der Waals surface area contributed by atoms with Crippen molar-refractivity contribution in [3.63, 3.8) is 0 Å². The van der Waals surface area contributed by atoms with Gasteiger partial charge in [-0.3, -0.25) is 4.72 Å². The lowest BCUT2D eigenvalue weighted by atomic mass is 10.1. The summed E-state index contributed by atoms with van der Waals surface area (Å²) >= 11 is 1.29. The van der Waals surface area contributed by atoms with Gasteiger partial charge >= 0.3 is 0 Å². The number of anilines is 2. The van der Waals surface area contributed by atoms with Gasteiger partial charge in [0.25, 0.3) is 10.0 Å². The van der Waals surface area contributed by atoms with Gasteiger partial charge < -0.3 is 5.73 Å². The molecule has 20 heavy (non-hydrogen) atoms. The molecule has 0 aliphatic carbocycles. The molecule has 0 aliphatic heterocycles. The number of benzene rings is 1. The van der Waals surface area contributed by atoms with E-state index in [1.165, 1.54) is 11.3 Å². The van der Waals surface area contributed by atoms with E-state index in [4.69, 9.17) is 5.73 Å². The lowest BCUT2D eigenvalue weighted by Gasteiger charge is -2.11. The monoisotopic (exact) mass is 310 g/mol. The lowest BCUT2D eigenvalue weighted by Crippen LogP contribution is -2.12. The van der Waals surface area contributed by atoms with Gasteiger partial charge in [0, 0.05) is 10.6 Å². The van der Waals surface area contributed by atoms with E-state index in [1.807, 2.05) is 32.9 Å². The largest absolute Gasteiger partial charge is 0.398 e. The van der Waals surface area contributed by atoms with Crippen molar-refractivity contribution < 1.29 is 8.42 Å². The van der Waals surface area contributed by atoms with Gasteiger partial charge in [0.05, 0.1) is 5.69 Å². The molecule has 6 heteroatoms. The highest BCUT2D eigenvalue weighted by atomic mass is 32.2. The third-order valence-electron chi connectivity index (χ3n) is 3.11. The Kier molecular flexibility index (Phi) is 4.06. The van der Waals surface area contributed by atoms with E-state index in [-0.39, 0.29) is 0 Å². The Bertz CT molecular complexity index is 734. The number of nitrogens with one attached hydrogen (secondary N) is 1. The van der Waals surface area contributed by atoms with Gasteiger partial charge in [0.15, 0.2) is 0 Å². The van der Waals surface area contributed by atoms with Crippen LogP contribution in [0.3, 0.4) is 0 Å². The SMILES string of the molecule is CCc1ccc(S(=O)(=O)Nc2cc(N)c(C)cc2C)s1. The predicted molar refractivity (Wildman–Crippen MR) is 84.8 cm³/mol. The summed E-state index contributed by atoms with van der Waals surface area (Å²) in [5.41, 5.74) is 8.74. The van der Waals surface area contributed by atoms with Crippen LogP contribution >= 0.6 is 11.3 Å². The van der Waals surface area contributed by atoms with Crippen LogP contribution in [-0.2, 0) is 16.4 Å². The standard InChI is InChI=1S/C14H18N2O2S2/c1-4-11-5-6-14(19-11)20(17,18)16-13-8-12(15)9(2)7-10(13)3/h5-8,16H,4,15H2,1-3H3. The van der Waals surface area contributed by atoms with Gasteiger partial charge in [-0.05, 0) is 49.6 Å². The summed E-state index contributed by atoms with van der Waals surface area (Å²) in [7, 11) is -3.54. The minimum atomic E-state index is -3.54. The summed E-state index contributed by atoms with van der Waals surface area (Å²) in [5.74, 6) is 0. The fourth-order valence-corrected chi connectivity index (χ4v) is 4.28. The molecule has 2 rings (SSSR count). The number of nitrogens with two attached hydrogens (primary N) is 1. The molecule has 1 heterocycles. The van der Waals surface area contributed by atoms with E-state index in [0.717, 1.165) is 22.4 Å². The van der Waals surface area contributed by atoms with Crippen molar-refractivity contribution in [3.8, 4) is 0 Å². The lowest BCUT2D eigenvalue weighted by molar-refractivity contribution is 0.603. The van der Waals surface area contributed by atoms with E-state index in [1.54, 1.807) is 12.1 Å². The van der Waals surface area contributed by atoms with Gasteiger partial charge in [-0.25, -0.2) is 8.42 Å². The molecule has 1 aromatic carbocycles. The molecule has 2 aromatic rings. The third-order valence-corrected chi connectivity index (χ3v) is 6.19. The Hall–Kier alpha value is -1.53. The average Bonchev–Trinajstić information content (AvgIpc) is 2.85. The van der Waals surface area contributed by atoms with E-state index in [0.29, 0.717) is 15.6 Å². The Morgan fingerprint density at radius 2 is 1.90 bits per heavy atom. The molecule has 0 saturated heterocycles. The Balaban J connectivity index is 2.35. The fourth-order valence-electron chi connectivity index (χ4n) is 1.87. The highest BCUT2D eigenvalue weighted by Gasteiger charge is 2.18. The van der Waals surface area contributed by atoms with E-state index < -0.39 is 10.0 Å². The van der Waals surface area contributed by atoms with Crippen molar-refractivity contribution in [1.29, 1.82) is 0 Å². The van der Waals surface area contributed by atoms with Crippen molar-refractivity contribution in [2.24, 2.45) is 0 Å². The molecular formula is C14H18N2O2S2. The molecule has 0 atom stereocenters. The van der Waals surface area contributed by atoms with Crippen molar-refractivity contribution >= 4 is 32.7 Å². The second kappa shape index (κ2) is 5.46. The van der Waals surface area contributed by atoms with Crippen LogP contribution in [-0.4, -0.2) is 8.42 Å². The normalized spacial score (nSPS) is 11.6. The zero-order chi connectivity index (χ0) is 14.9. The van der Waals surface area contributed by atoms with E-state index >= 15 is 0 Å². The summed E-state index contributed by atoms with van der Waals surface area (Å²) < 4.78 is 27.6. The van der Waals surface area contributed by atoms with Gasteiger partial charge in [-0.15, -0.1) is 11.3 Å². The highest BCUT2D eigenvalue weighted by molar-refractivity contribution is 7.94. The second-order valence-corrected chi connectivity index (χ2v) is 7.78. The quantitative estimate of drug-likeness (QED) is 0.851. The first-order valence-corrected chi connectivity index (χ1v) is 8.61. The molecule has 0 amide bonds. The summed E-state index contributed by atoms with van der Waals surface area (Å²) in [6, 6.07) is 7.02. The summed E-state index contributed by atoms with van der Waals surface area (Å²) in [4.78, 5) is 1.05. The zero-order valence-corrected chi connectivity index (χ0v) is 13.4. The molecule has 108 valence electrons. The van der Waals surface area contributed by atoms with E-state index in [9.17, 15) is 8.42 Å². The molecule has 0 radical (unpaired) electrons. The minimum Gasteiger partial charge on any atom is -0.398 e. The van der Waals surface area contributed by atoms with Crippen molar-refractivity contribution in [1.82, 2.24) is 0 Å². The predicted octanol–water partition coefficient (Wildman–Crippen LogP) is 3.31. The Morgan fingerprint density at radius 3 is 2.50 bits per heavy atom. The summed E-state index contributed by atoms with van der Waals surface area (Å²) in [5, 5.41) is 0. The van der Waals surface area contributed by atoms with Crippen LogP contribution in [0.4, 0.5) is 11.4 Å². The van der Waals surface area contributed by atoms with Crippen LogP contribution in [0.2, 0.25) is 0 Å². The number of hydrogen-bond donors (Lipinski definition) is 2. The Labute approximate surface area is 123 Å². The maximum Gasteiger partial charge on any atom is 0.271 e. The van der Waals surface area contributed by atoms with Crippen LogP contribution < -0.4 is 10.5 Å². The molecular weight excluding hydrogens is 292 g/mol. The first-order chi connectivity index (χ1) is 9.33. The molecule has 1 aromatic heterocycles. The highest BCUT2D eigenvalue weighted by Crippen LogP contribution is 2.27. The first-order valence-electron chi connectivity index (χ1n) is 6.31. The summed E-state index contributed by atoms with van der Waals surface area (Å²) in [6.45, 7) is 5.75. The number of hydrogen-bond acceptors (Lipinski definition) is 4. The minimum absolute atomic E-state index is 0.327. The molecule has 4 nitrogen and oxygen atoms in total. The molecule has 0 saturated carbocycles. The number of rotatable bonds is 4. The van der Waals surface area contributed by atoms with Crippen LogP contribution in [0, 0.1) is 13.8 Å². The second-order valence-electron chi connectivity index (χ2n) is 4.70. The molecule has 3 N–H and O–H groups in total. The van der Waals surface area contributed by atoms with Crippen molar-refractivity contribution in [2.75, 3.05) is 10.5 Å². The van der Waals surface area contributed by atoms with Crippen LogP contribution in [0.25, 0.3) is 0 Å². The van der Waals surface area contributed by atoms with Gasteiger partial charge in [0.2, 0.25) is 0 Å². The summed E-state index contributed by atoms with van der Waals surface area (Å²) in [6.07, 6.45) is 0.830. The number of thiophene rings is 1. The number of aryl methyl sites for hydroxylation is 3. The zero-order valence-electron chi connectivity index (χ0n) is 11.7. The average molecular weight is 310 g/mol. The number of sulfonamides is 1. The van der Waals surface area contributed by atoms with Crippen molar-refractivity contribution in [3.05, 3.63) is 40.3 Å². The maximum absolute atomic E-state index is 12.3.